The van der Waals surface area contributed by atoms with Crippen LogP contribution >= 0.6 is 0 Å². The van der Waals surface area contributed by atoms with Crippen molar-refractivity contribution in [1.82, 2.24) is 5.32 Å². The van der Waals surface area contributed by atoms with E-state index in [0.29, 0.717) is 29.4 Å². The van der Waals surface area contributed by atoms with Crippen LogP contribution in [0, 0.1) is 40.9 Å². The van der Waals surface area contributed by atoms with Gasteiger partial charge in [-0.25, -0.2) is 0 Å². The van der Waals surface area contributed by atoms with Gasteiger partial charge in [-0.3, -0.25) is 0 Å². The molecule has 0 aromatic carbocycles. The molecule has 6 aliphatic rings. The van der Waals surface area contributed by atoms with Gasteiger partial charge in [0.15, 0.2) is 0 Å². The second kappa shape index (κ2) is 7.57. The van der Waals surface area contributed by atoms with Crippen LogP contribution in [-0.4, -0.2) is 35.2 Å². The smallest absolute Gasteiger partial charge is 0.0765 e. The third-order valence-corrected chi connectivity index (χ3v) is 11.6. The summed E-state index contributed by atoms with van der Waals surface area (Å²) in [5.74, 6) is 4.53. The first kappa shape index (κ1) is 21.6. The van der Waals surface area contributed by atoms with E-state index in [1.54, 1.807) is 5.57 Å². The van der Waals surface area contributed by atoms with Crippen molar-refractivity contribution < 1.29 is 9.94 Å². The number of oxime groups is 1. The second-order valence-corrected chi connectivity index (χ2v) is 13.0. The molecule has 0 aromatic heterocycles. The minimum atomic E-state index is 0.0573. The first-order chi connectivity index (χ1) is 15.3. The Morgan fingerprint density at radius 1 is 1.12 bits per heavy atom. The number of nitrogens with zero attached hydrogens (tertiary/aromatic N) is 1. The zero-order valence-electron chi connectivity index (χ0n) is 20.7. The van der Waals surface area contributed by atoms with Gasteiger partial charge in [0.25, 0.3) is 0 Å². The molecule has 1 unspecified atom stereocenters. The molecule has 1 spiro atoms. The van der Waals surface area contributed by atoms with Crippen LogP contribution in [0.3, 0.4) is 0 Å². The third-order valence-electron chi connectivity index (χ3n) is 11.6. The molecule has 0 bridgehead atoms. The van der Waals surface area contributed by atoms with E-state index in [4.69, 9.17) is 4.74 Å². The van der Waals surface area contributed by atoms with Crippen LogP contribution in [0.15, 0.2) is 16.3 Å². The maximum absolute atomic E-state index is 9.37. The number of rotatable bonds is 0. The van der Waals surface area contributed by atoms with Crippen LogP contribution in [0.5, 0.6) is 0 Å². The Labute approximate surface area is 194 Å². The highest BCUT2D eigenvalue weighted by atomic mass is 16.5. The Morgan fingerprint density at radius 2 is 1.97 bits per heavy atom. The van der Waals surface area contributed by atoms with Crippen molar-refractivity contribution in [3.8, 4) is 0 Å². The molecule has 2 aliphatic heterocycles. The zero-order valence-corrected chi connectivity index (χ0v) is 20.7. The van der Waals surface area contributed by atoms with E-state index in [9.17, 15) is 5.21 Å². The van der Waals surface area contributed by atoms with E-state index in [2.05, 4.69) is 38.2 Å². The van der Waals surface area contributed by atoms with Crippen LogP contribution in [0.25, 0.3) is 0 Å². The summed E-state index contributed by atoms with van der Waals surface area (Å²) in [5.41, 5.74) is 5.04. The van der Waals surface area contributed by atoms with E-state index in [1.807, 2.05) is 5.57 Å². The van der Waals surface area contributed by atoms with Gasteiger partial charge in [0, 0.05) is 12.0 Å². The van der Waals surface area contributed by atoms with Crippen LogP contribution in [0.4, 0.5) is 0 Å². The average Bonchev–Trinajstić information content (AvgIpc) is 3.23. The molecular weight excluding hydrogens is 396 g/mol. The first-order valence-corrected chi connectivity index (χ1v) is 13.6. The van der Waals surface area contributed by atoms with Crippen molar-refractivity contribution in [2.45, 2.75) is 110 Å². The third kappa shape index (κ3) is 3.04. The summed E-state index contributed by atoms with van der Waals surface area (Å²) in [4.78, 5) is 0. The number of hydrogen-bond donors (Lipinski definition) is 2. The number of allylic oxidation sites excluding steroid dienone is 1. The van der Waals surface area contributed by atoms with Gasteiger partial charge < -0.3 is 15.3 Å². The van der Waals surface area contributed by atoms with Crippen LogP contribution in [0.2, 0.25) is 0 Å². The average molecular weight is 441 g/mol. The Hall–Kier alpha value is -0.870. The summed E-state index contributed by atoms with van der Waals surface area (Å²) in [7, 11) is 0. The van der Waals surface area contributed by atoms with Gasteiger partial charge in [-0.15, -0.1) is 0 Å². The number of ether oxygens (including phenoxy) is 1. The van der Waals surface area contributed by atoms with Crippen LogP contribution in [-0.2, 0) is 4.74 Å². The van der Waals surface area contributed by atoms with E-state index in [-0.39, 0.29) is 5.60 Å². The van der Waals surface area contributed by atoms with Gasteiger partial charge in [-0.1, -0.05) is 37.1 Å². The summed E-state index contributed by atoms with van der Waals surface area (Å²) in [6.07, 6.45) is 12.6. The van der Waals surface area contributed by atoms with Gasteiger partial charge in [0.1, 0.15) is 0 Å². The van der Waals surface area contributed by atoms with Crippen LogP contribution < -0.4 is 5.32 Å². The van der Waals surface area contributed by atoms with Gasteiger partial charge >= 0.3 is 0 Å². The fourth-order valence-corrected chi connectivity index (χ4v) is 9.72. The van der Waals surface area contributed by atoms with E-state index in [1.165, 1.54) is 44.9 Å². The molecule has 2 saturated heterocycles. The Balaban J connectivity index is 1.27. The van der Waals surface area contributed by atoms with Crippen molar-refractivity contribution in [3.05, 3.63) is 11.1 Å². The zero-order chi connectivity index (χ0) is 22.3. The van der Waals surface area contributed by atoms with Gasteiger partial charge in [-0.2, -0.15) is 0 Å². The van der Waals surface area contributed by atoms with Gasteiger partial charge in [0.05, 0.1) is 17.4 Å². The Kier molecular flexibility index (Phi) is 5.12. The van der Waals surface area contributed by atoms with E-state index >= 15 is 0 Å². The number of hydrogen-bond acceptors (Lipinski definition) is 4. The quantitative estimate of drug-likeness (QED) is 0.278. The molecule has 5 fully saturated rings. The topological polar surface area (TPSA) is 53.9 Å². The largest absolute Gasteiger partial charge is 0.411 e. The molecule has 6 rings (SSSR count). The molecule has 3 saturated carbocycles. The Bertz CT molecular complexity index is 835. The number of fused-ring (bicyclic) bond motifs is 6. The highest BCUT2D eigenvalue weighted by molar-refractivity contribution is 5.85. The summed E-state index contributed by atoms with van der Waals surface area (Å²) in [5, 5.41) is 16.8. The monoisotopic (exact) mass is 440 g/mol. The van der Waals surface area contributed by atoms with Gasteiger partial charge in [0.2, 0.25) is 0 Å². The molecule has 2 heterocycles. The summed E-state index contributed by atoms with van der Waals surface area (Å²) in [6, 6.07) is 0.550. The molecule has 10 atom stereocenters. The lowest BCUT2D eigenvalue weighted by Crippen LogP contribution is -2.48. The van der Waals surface area contributed by atoms with Crippen molar-refractivity contribution in [2.24, 2.45) is 46.1 Å². The molecule has 2 N–H and O–H groups in total. The summed E-state index contributed by atoms with van der Waals surface area (Å²) >= 11 is 0. The summed E-state index contributed by atoms with van der Waals surface area (Å²) < 4.78 is 7.02. The molecular formula is C28H44N2O2. The van der Waals surface area contributed by atoms with Crippen molar-refractivity contribution in [2.75, 3.05) is 6.54 Å². The lowest BCUT2D eigenvalue weighted by atomic mass is 9.52. The Morgan fingerprint density at radius 3 is 2.78 bits per heavy atom. The lowest BCUT2D eigenvalue weighted by molar-refractivity contribution is -0.0734. The molecule has 0 aromatic rings. The highest BCUT2D eigenvalue weighted by Gasteiger charge is 2.59. The van der Waals surface area contributed by atoms with Crippen LogP contribution in [0.1, 0.15) is 91.9 Å². The molecule has 4 heteroatoms. The van der Waals surface area contributed by atoms with Crippen molar-refractivity contribution >= 4 is 5.71 Å². The van der Waals surface area contributed by atoms with Gasteiger partial charge in [-0.05, 0) is 113 Å². The number of piperidine rings is 1. The van der Waals surface area contributed by atoms with E-state index < -0.39 is 0 Å². The predicted octanol–water partition coefficient (Wildman–Crippen LogP) is 5.94. The maximum Gasteiger partial charge on any atom is 0.0765 e. The fourth-order valence-electron chi connectivity index (χ4n) is 9.72. The minimum absolute atomic E-state index is 0.0573. The first-order valence-electron chi connectivity index (χ1n) is 13.6. The maximum atomic E-state index is 9.37. The van der Waals surface area contributed by atoms with Crippen molar-refractivity contribution in [3.63, 3.8) is 0 Å². The molecule has 4 aliphatic carbocycles. The molecule has 0 radical (unpaired) electrons. The normalized spacial score (nSPS) is 54.2. The minimum Gasteiger partial charge on any atom is -0.411 e. The molecule has 4 nitrogen and oxygen atoms in total. The lowest BCUT2D eigenvalue weighted by Gasteiger charge is -2.52. The fraction of sp³-hybridized carbons (Fsp3) is 0.893. The predicted molar refractivity (Wildman–Crippen MR) is 128 cm³/mol. The highest BCUT2D eigenvalue weighted by Crippen LogP contribution is 2.65. The number of nitrogens with one attached hydrogen (secondary N) is 1. The van der Waals surface area contributed by atoms with Crippen molar-refractivity contribution in [1.29, 1.82) is 0 Å². The molecule has 32 heavy (non-hydrogen) atoms. The van der Waals surface area contributed by atoms with E-state index in [0.717, 1.165) is 55.2 Å². The standard InChI is InChI=1S/C28H44N2O2/c1-16-11-25-26(29-15-16)18(3)28(32-25)10-8-21-22-6-5-19-12-20(30-31)7-9-27(19,4)24(22)13-23(21)17(2)14-28/h16,18-19,21-22,24-26,29,31H,5-15H2,1-4H3/b30-20+/t16-,18+,19+,21-,22?,24-,25+,26-,27-,28-/m0/s1. The summed E-state index contributed by atoms with van der Waals surface area (Å²) in [6.45, 7) is 11.0. The second-order valence-electron chi connectivity index (χ2n) is 13.0. The molecule has 0 amide bonds. The SMILES string of the molecule is CC1=C2C[C@H]3C(CC[C@@H]4C/C(=N/O)CC[C@@]43C)[C@@H]2CC[C@@]2(C1)O[C@@H]1C[C@H](C)CN[C@H]1[C@H]2C. The molecule has 178 valence electrons.